The number of hydrogen-bond donors (Lipinski definition) is 1. The number of hydrogen-bond acceptors (Lipinski definition) is 4. The second-order valence-corrected chi connectivity index (χ2v) is 6.56. The molecule has 0 saturated heterocycles. The molecule has 2 N–H and O–H groups in total. The lowest BCUT2D eigenvalue weighted by Gasteiger charge is -2.27. The molecule has 19 heavy (non-hydrogen) atoms. The number of nitrogens with zero attached hydrogens (tertiary/aromatic N) is 1. The van der Waals surface area contributed by atoms with Crippen molar-refractivity contribution >= 4 is 17.0 Å². The Kier molecular flexibility index (Phi) is 3.92. The Labute approximate surface area is 118 Å². The summed E-state index contributed by atoms with van der Waals surface area (Å²) < 4.78 is 5.60. The Morgan fingerprint density at radius 1 is 1.21 bits per heavy atom. The Morgan fingerprint density at radius 2 is 1.84 bits per heavy atom. The highest BCUT2D eigenvalue weighted by Gasteiger charge is 2.28. The van der Waals surface area contributed by atoms with Crippen LogP contribution in [0.15, 0.2) is 29.6 Å². The van der Waals surface area contributed by atoms with E-state index in [1.165, 1.54) is 0 Å². The number of ether oxygens (including phenoxy) is 1. The maximum absolute atomic E-state index is 5.70. The fourth-order valence-electron chi connectivity index (χ4n) is 2.02. The van der Waals surface area contributed by atoms with Crippen LogP contribution in [0.4, 0.5) is 5.69 Å². The van der Waals surface area contributed by atoms with Crippen molar-refractivity contribution in [1.82, 2.24) is 4.98 Å². The summed E-state index contributed by atoms with van der Waals surface area (Å²) in [7, 11) is 1.74. The zero-order chi connectivity index (χ0) is 14.0. The van der Waals surface area contributed by atoms with E-state index in [4.69, 9.17) is 15.5 Å². The van der Waals surface area contributed by atoms with E-state index in [0.29, 0.717) is 0 Å². The van der Waals surface area contributed by atoms with Gasteiger partial charge in [-0.05, 0) is 17.5 Å². The van der Waals surface area contributed by atoms with Gasteiger partial charge in [-0.15, -0.1) is 11.3 Å². The average Bonchev–Trinajstić information content (AvgIpc) is 2.78. The van der Waals surface area contributed by atoms with Crippen molar-refractivity contribution in [2.45, 2.75) is 26.9 Å². The smallest absolute Gasteiger partial charge is 0.123 e. The molecule has 1 aromatic heterocycles. The summed E-state index contributed by atoms with van der Waals surface area (Å²) in [6.07, 6.45) is 0.0139. The van der Waals surface area contributed by atoms with E-state index >= 15 is 0 Å². The molecule has 0 aliphatic carbocycles. The summed E-state index contributed by atoms with van der Waals surface area (Å²) >= 11 is 1.64. The Hall–Kier alpha value is -1.39. The predicted molar refractivity (Wildman–Crippen MR) is 81.2 cm³/mol. The van der Waals surface area contributed by atoms with Gasteiger partial charge in [-0.3, -0.25) is 0 Å². The van der Waals surface area contributed by atoms with Crippen molar-refractivity contribution in [3.8, 4) is 11.3 Å². The maximum Gasteiger partial charge on any atom is 0.123 e. The van der Waals surface area contributed by atoms with Gasteiger partial charge in [0.15, 0.2) is 0 Å². The second-order valence-electron chi connectivity index (χ2n) is 5.67. The second kappa shape index (κ2) is 5.31. The van der Waals surface area contributed by atoms with Crippen LogP contribution in [0.2, 0.25) is 0 Å². The molecule has 1 aromatic carbocycles. The monoisotopic (exact) mass is 276 g/mol. The molecule has 0 aliphatic rings. The van der Waals surface area contributed by atoms with Crippen LogP contribution >= 0.6 is 11.3 Å². The third-order valence-electron chi connectivity index (χ3n) is 2.97. The molecule has 2 rings (SSSR count). The van der Waals surface area contributed by atoms with Crippen molar-refractivity contribution in [2.24, 2.45) is 5.41 Å². The highest BCUT2D eigenvalue weighted by atomic mass is 32.1. The average molecular weight is 276 g/mol. The minimum atomic E-state index is 0.0139. The van der Waals surface area contributed by atoms with Crippen molar-refractivity contribution in [2.75, 3.05) is 12.8 Å². The van der Waals surface area contributed by atoms with Gasteiger partial charge < -0.3 is 10.5 Å². The molecule has 2 aromatic rings. The van der Waals surface area contributed by atoms with Crippen molar-refractivity contribution in [3.63, 3.8) is 0 Å². The van der Waals surface area contributed by atoms with Crippen LogP contribution in [0.1, 0.15) is 31.9 Å². The summed E-state index contributed by atoms with van der Waals surface area (Å²) in [4.78, 5) is 4.70. The summed E-state index contributed by atoms with van der Waals surface area (Å²) in [5.74, 6) is 0. The lowest BCUT2D eigenvalue weighted by molar-refractivity contribution is 0.0151. The third kappa shape index (κ3) is 3.14. The topological polar surface area (TPSA) is 48.1 Å². The molecule has 0 radical (unpaired) electrons. The van der Waals surface area contributed by atoms with E-state index in [9.17, 15) is 0 Å². The normalized spacial score (nSPS) is 13.5. The summed E-state index contributed by atoms with van der Waals surface area (Å²) in [5.41, 5.74) is 8.56. The van der Waals surface area contributed by atoms with Crippen LogP contribution in [-0.2, 0) is 4.74 Å². The van der Waals surface area contributed by atoms with Gasteiger partial charge in [0, 0.05) is 23.7 Å². The van der Waals surface area contributed by atoms with E-state index in [2.05, 4.69) is 26.2 Å². The summed E-state index contributed by atoms with van der Waals surface area (Å²) in [6, 6.07) is 7.78. The fraction of sp³-hybridized carbons (Fsp3) is 0.400. The predicted octanol–water partition coefficient (Wildman–Crippen LogP) is 4.13. The van der Waals surface area contributed by atoms with Crippen LogP contribution in [0.5, 0.6) is 0 Å². The molecule has 0 bridgehead atoms. The van der Waals surface area contributed by atoms with Crippen LogP contribution in [0.3, 0.4) is 0 Å². The fourth-order valence-corrected chi connectivity index (χ4v) is 3.16. The van der Waals surface area contributed by atoms with Crippen molar-refractivity contribution in [3.05, 3.63) is 34.7 Å². The molecule has 1 atom stereocenters. The number of aromatic nitrogens is 1. The summed E-state index contributed by atoms with van der Waals surface area (Å²) in [5, 5.41) is 3.08. The van der Waals surface area contributed by atoms with Gasteiger partial charge in [0.1, 0.15) is 11.1 Å². The molecule has 0 spiro atoms. The number of thiazole rings is 1. The first kappa shape index (κ1) is 14.0. The molecule has 3 nitrogen and oxygen atoms in total. The van der Waals surface area contributed by atoms with E-state index in [1.54, 1.807) is 18.4 Å². The lowest BCUT2D eigenvalue weighted by Crippen LogP contribution is -2.19. The molecular weight excluding hydrogens is 256 g/mol. The largest absolute Gasteiger partial charge is 0.399 e. The molecule has 1 unspecified atom stereocenters. The molecule has 102 valence electrons. The Morgan fingerprint density at radius 3 is 2.37 bits per heavy atom. The minimum Gasteiger partial charge on any atom is -0.399 e. The van der Waals surface area contributed by atoms with E-state index in [0.717, 1.165) is 22.0 Å². The highest BCUT2D eigenvalue weighted by molar-refractivity contribution is 7.10. The molecule has 0 saturated carbocycles. The first-order valence-corrected chi connectivity index (χ1v) is 7.14. The zero-order valence-electron chi connectivity index (χ0n) is 11.8. The Bertz CT molecular complexity index is 540. The van der Waals surface area contributed by atoms with Gasteiger partial charge in [-0.1, -0.05) is 32.9 Å². The first-order chi connectivity index (χ1) is 8.91. The van der Waals surface area contributed by atoms with Gasteiger partial charge in [-0.25, -0.2) is 4.98 Å². The van der Waals surface area contributed by atoms with Crippen LogP contribution in [0, 0.1) is 5.41 Å². The molecule has 4 heteroatoms. The number of nitrogen functional groups attached to an aromatic ring is 1. The SMILES string of the molecule is COC(c1nc(-c2ccc(N)cc2)cs1)C(C)(C)C. The van der Waals surface area contributed by atoms with Crippen LogP contribution < -0.4 is 5.73 Å². The van der Waals surface area contributed by atoms with Crippen molar-refractivity contribution in [1.29, 1.82) is 0 Å². The highest BCUT2D eigenvalue weighted by Crippen LogP contribution is 2.38. The third-order valence-corrected chi connectivity index (χ3v) is 3.86. The number of nitrogens with two attached hydrogens (primary N) is 1. The standard InChI is InChI=1S/C15H20N2OS/c1-15(2,3)13(18-4)14-17-12(9-19-14)10-5-7-11(16)8-6-10/h5-9,13H,16H2,1-4H3. The first-order valence-electron chi connectivity index (χ1n) is 6.26. The number of rotatable bonds is 3. The van der Waals surface area contributed by atoms with E-state index in [1.807, 2.05) is 24.3 Å². The quantitative estimate of drug-likeness (QED) is 0.858. The molecule has 0 amide bonds. The van der Waals surface area contributed by atoms with Gasteiger partial charge >= 0.3 is 0 Å². The minimum absolute atomic E-state index is 0.0139. The number of benzene rings is 1. The molecule has 0 fully saturated rings. The molecule has 0 aliphatic heterocycles. The van der Waals surface area contributed by atoms with Crippen molar-refractivity contribution < 1.29 is 4.74 Å². The van der Waals surface area contributed by atoms with Gasteiger partial charge in [0.2, 0.25) is 0 Å². The van der Waals surface area contributed by atoms with Gasteiger partial charge in [0.05, 0.1) is 5.69 Å². The number of methoxy groups -OCH3 is 1. The van der Waals surface area contributed by atoms with E-state index in [-0.39, 0.29) is 11.5 Å². The summed E-state index contributed by atoms with van der Waals surface area (Å²) in [6.45, 7) is 6.47. The lowest BCUT2D eigenvalue weighted by atomic mass is 9.89. The number of anilines is 1. The van der Waals surface area contributed by atoms with E-state index < -0.39 is 0 Å². The maximum atomic E-state index is 5.70. The molecular formula is C15H20N2OS. The Balaban J connectivity index is 2.30. The molecule has 1 heterocycles. The van der Waals surface area contributed by atoms with Crippen LogP contribution in [-0.4, -0.2) is 12.1 Å². The zero-order valence-corrected chi connectivity index (χ0v) is 12.6. The van der Waals surface area contributed by atoms with Crippen LogP contribution in [0.25, 0.3) is 11.3 Å². The van der Waals surface area contributed by atoms with Gasteiger partial charge in [-0.2, -0.15) is 0 Å². The van der Waals surface area contributed by atoms with Gasteiger partial charge in [0.25, 0.3) is 0 Å².